The zero-order valence-corrected chi connectivity index (χ0v) is 10.1. The Hall–Kier alpha value is -1.69. The monoisotopic (exact) mass is 237 g/mol. The molecule has 6 heteroatoms. The molecule has 0 spiro atoms. The summed E-state index contributed by atoms with van der Waals surface area (Å²) in [6, 6.07) is 0. The smallest absolute Gasteiger partial charge is 0.236 e. The molecule has 4 N–H and O–H groups in total. The molecule has 1 aromatic rings. The van der Waals surface area contributed by atoms with Crippen molar-refractivity contribution < 1.29 is 4.79 Å². The minimum atomic E-state index is -0.380. The van der Waals surface area contributed by atoms with Gasteiger partial charge >= 0.3 is 0 Å². The van der Waals surface area contributed by atoms with Gasteiger partial charge in [0.15, 0.2) is 5.82 Å². The van der Waals surface area contributed by atoms with E-state index in [1.807, 2.05) is 4.90 Å². The Bertz CT molecular complexity index is 369. The predicted molar refractivity (Wildman–Crippen MR) is 66.2 cm³/mol. The van der Waals surface area contributed by atoms with Crippen molar-refractivity contribution >= 4 is 11.7 Å². The van der Waals surface area contributed by atoms with Gasteiger partial charge in [-0.1, -0.05) is 13.3 Å². The second kappa shape index (κ2) is 6.80. The first-order chi connectivity index (χ1) is 8.19. The van der Waals surface area contributed by atoms with Crippen LogP contribution in [0.3, 0.4) is 0 Å². The zero-order valence-electron chi connectivity index (χ0n) is 10.1. The quantitative estimate of drug-likeness (QED) is 0.697. The molecule has 1 amide bonds. The SMILES string of the molecule is CCCCN(CC(N)=O)c1nccnc1CN. The average molecular weight is 237 g/mol. The molecule has 0 bridgehead atoms. The molecular weight excluding hydrogens is 218 g/mol. The molecule has 0 saturated carbocycles. The number of hydrogen-bond acceptors (Lipinski definition) is 5. The third-order valence-corrected chi connectivity index (χ3v) is 2.37. The second-order valence-electron chi connectivity index (χ2n) is 3.77. The lowest BCUT2D eigenvalue weighted by Crippen LogP contribution is -2.36. The first-order valence-corrected chi connectivity index (χ1v) is 5.72. The van der Waals surface area contributed by atoms with Crippen LogP contribution in [0.4, 0.5) is 5.82 Å². The van der Waals surface area contributed by atoms with E-state index in [2.05, 4.69) is 16.9 Å². The van der Waals surface area contributed by atoms with Crippen LogP contribution in [0.2, 0.25) is 0 Å². The molecular formula is C11H19N5O. The summed E-state index contributed by atoms with van der Waals surface area (Å²) in [7, 11) is 0. The molecule has 1 aromatic heterocycles. The molecule has 0 aliphatic carbocycles. The Morgan fingerprint density at radius 3 is 2.71 bits per heavy atom. The van der Waals surface area contributed by atoms with Crippen LogP contribution in [-0.2, 0) is 11.3 Å². The molecule has 0 fully saturated rings. The molecule has 0 saturated heterocycles. The highest BCUT2D eigenvalue weighted by Gasteiger charge is 2.14. The number of aromatic nitrogens is 2. The molecule has 0 atom stereocenters. The van der Waals surface area contributed by atoms with E-state index in [-0.39, 0.29) is 12.5 Å². The number of anilines is 1. The van der Waals surface area contributed by atoms with Crippen LogP contribution in [0, 0.1) is 0 Å². The van der Waals surface area contributed by atoms with Crippen molar-refractivity contribution in [3.63, 3.8) is 0 Å². The highest BCUT2D eigenvalue weighted by molar-refractivity contribution is 5.79. The summed E-state index contributed by atoms with van der Waals surface area (Å²) in [6.07, 6.45) is 5.18. The van der Waals surface area contributed by atoms with E-state index in [4.69, 9.17) is 11.5 Å². The molecule has 0 unspecified atom stereocenters. The number of hydrogen-bond donors (Lipinski definition) is 2. The van der Waals surface area contributed by atoms with Gasteiger partial charge in [0.2, 0.25) is 5.91 Å². The molecule has 0 aliphatic heterocycles. The number of nitrogens with two attached hydrogens (primary N) is 2. The summed E-state index contributed by atoms with van der Waals surface area (Å²) in [4.78, 5) is 21.3. The van der Waals surface area contributed by atoms with Gasteiger partial charge < -0.3 is 16.4 Å². The fourth-order valence-corrected chi connectivity index (χ4v) is 1.56. The first-order valence-electron chi connectivity index (χ1n) is 5.72. The number of amides is 1. The molecule has 0 aliphatic rings. The standard InChI is InChI=1S/C11H19N5O/c1-2-3-6-16(8-10(13)17)11-9(7-12)14-4-5-15-11/h4-5H,2-3,6-8,12H2,1H3,(H2,13,17). The Kier molecular flexibility index (Phi) is 5.35. The lowest BCUT2D eigenvalue weighted by molar-refractivity contribution is -0.116. The lowest BCUT2D eigenvalue weighted by atomic mass is 10.3. The Morgan fingerprint density at radius 1 is 1.41 bits per heavy atom. The number of unbranched alkanes of at least 4 members (excludes halogenated alkanes) is 1. The van der Waals surface area contributed by atoms with Crippen molar-refractivity contribution in [2.45, 2.75) is 26.3 Å². The predicted octanol–water partition coefficient (Wildman–Crippen LogP) is 0.0271. The van der Waals surface area contributed by atoms with E-state index in [1.165, 1.54) is 0 Å². The fourth-order valence-electron chi connectivity index (χ4n) is 1.56. The van der Waals surface area contributed by atoms with Gasteiger partial charge in [-0.3, -0.25) is 9.78 Å². The Labute approximate surface area is 101 Å². The molecule has 1 rings (SSSR count). The Morgan fingerprint density at radius 2 is 2.12 bits per heavy atom. The van der Waals surface area contributed by atoms with Crippen LogP contribution in [0.1, 0.15) is 25.5 Å². The summed E-state index contributed by atoms with van der Waals surface area (Å²) < 4.78 is 0. The number of carbonyl (C=O) groups excluding carboxylic acids is 1. The van der Waals surface area contributed by atoms with E-state index in [9.17, 15) is 4.79 Å². The summed E-state index contributed by atoms with van der Waals surface area (Å²) in [5.41, 5.74) is 11.5. The fraction of sp³-hybridized carbons (Fsp3) is 0.545. The summed E-state index contributed by atoms with van der Waals surface area (Å²) >= 11 is 0. The summed E-state index contributed by atoms with van der Waals surface area (Å²) in [5, 5.41) is 0. The minimum Gasteiger partial charge on any atom is -0.368 e. The molecule has 0 aromatic carbocycles. The van der Waals surface area contributed by atoms with Gasteiger partial charge in [-0.2, -0.15) is 0 Å². The minimum absolute atomic E-state index is 0.145. The van der Waals surface area contributed by atoms with Crippen molar-refractivity contribution in [2.75, 3.05) is 18.0 Å². The van der Waals surface area contributed by atoms with Gasteiger partial charge in [0.25, 0.3) is 0 Å². The van der Waals surface area contributed by atoms with Crippen LogP contribution in [0.15, 0.2) is 12.4 Å². The normalized spacial score (nSPS) is 10.2. The average Bonchev–Trinajstić information content (AvgIpc) is 2.34. The van der Waals surface area contributed by atoms with Crippen molar-refractivity contribution in [3.8, 4) is 0 Å². The molecule has 94 valence electrons. The highest BCUT2D eigenvalue weighted by Crippen LogP contribution is 2.14. The van der Waals surface area contributed by atoms with Crippen LogP contribution < -0.4 is 16.4 Å². The topological polar surface area (TPSA) is 98.1 Å². The lowest BCUT2D eigenvalue weighted by Gasteiger charge is -2.23. The van der Waals surface area contributed by atoms with Crippen LogP contribution in [0.5, 0.6) is 0 Å². The number of nitrogens with zero attached hydrogens (tertiary/aromatic N) is 3. The molecule has 17 heavy (non-hydrogen) atoms. The second-order valence-corrected chi connectivity index (χ2v) is 3.77. The molecule has 1 heterocycles. The van der Waals surface area contributed by atoms with E-state index in [0.29, 0.717) is 18.1 Å². The maximum atomic E-state index is 11.0. The highest BCUT2D eigenvalue weighted by atomic mass is 16.1. The van der Waals surface area contributed by atoms with Gasteiger partial charge in [0.1, 0.15) is 0 Å². The maximum Gasteiger partial charge on any atom is 0.236 e. The van der Waals surface area contributed by atoms with Gasteiger partial charge in [0, 0.05) is 25.5 Å². The van der Waals surface area contributed by atoms with Crippen LogP contribution in [0.25, 0.3) is 0 Å². The van der Waals surface area contributed by atoms with Crippen molar-refractivity contribution in [2.24, 2.45) is 11.5 Å². The van der Waals surface area contributed by atoms with E-state index in [0.717, 1.165) is 19.4 Å². The van der Waals surface area contributed by atoms with E-state index < -0.39 is 0 Å². The third-order valence-electron chi connectivity index (χ3n) is 2.37. The largest absolute Gasteiger partial charge is 0.368 e. The summed E-state index contributed by atoms with van der Waals surface area (Å²) in [5.74, 6) is 0.275. The number of carbonyl (C=O) groups is 1. The molecule has 6 nitrogen and oxygen atoms in total. The van der Waals surface area contributed by atoms with Gasteiger partial charge in [-0.05, 0) is 6.42 Å². The number of rotatable bonds is 7. The van der Waals surface area contributed by atoms with Crippen molar-refractivity contribution in [1.82, 2.24) is 9.97 Å². The molecule has 0 radical (unpaired) electrons. The summed E-state index contributed by atoms with van der Waals surface area (Å²) in [6.45, 7) is 3.25. The van der Waals surface area contributed by atoms with Crippen LogP contribution in [-0.4, -0.2) is 29.0 Å². The van der Waals surface area contributed by atoms with Crippen molar-refractivity contribution in [1.29, 1.82) is 0 Å². The first kappa shape index (κ1) is 13.4. The number of primary amides is 1. The third kappa shape index (κ3) is 3.99. The van der Waals surface area contributed by atoms with Crippen LogP contribution >= 0.6 is 0 Å². The zero-order chi connectivity index (χ0) is 12.7. The maximum absolute atomic E-state index is 11.0. The Balaban J connectivity index is 2.90. The van der Waals surface area contributed by atoms with Crippen molar-refractivity contribution in [3.05, 3.63) is 18.1 Å². The van der Waals surface area contributed by atoms with Gasteiger partial charge in [-0.15, -0.1) is 0 Å². The van der Waals surface area contributed by atoms with E-state index >= 15 is 0 Å². The van der Waals surface area contributed by atoms with E-state index in [1.54, 1.807) is 12.4 Å². The van der Waals surface area contributed by atoms with Gasteiger partial charge in [-0.25, -0.2) is 4.98 Å². The van der Waals surface area contributed by atoms with Gasteiger partial charge in [0.05, 0.1) is 12.2 Å².